The molecule has 0 spiro atoms. The van der Waals surface area contributed by atoms with Gasteiger partial charge in [-0.05, 0) is 44.6 Å². The van der Waals surface area contributed by atoms with Gasteiger partial charge in [0.05, 0.1) is 0 Å². The quantitative estimate of drug-likeness (QED) is 0.739. The summed E-state index contributed by atoms with van der Waals surface area (Å²) in [6.45, 7) is 1.58. The van der Waals surface area contributed by atoms with Crippen molar-refractivity contribution >= 4 is 5.91 Å². The molecule has 0 bridgehead atoms. The number of nitrogens with two attached hydrogens (primary N) is 1. The lowest BCUT2D eigenvalue weighted by Gasteiger charge is -2.24. The normalized spacial score (nSPS) is 21.6. The summed E-state index contributed by atoms with van der Waals surface area (Å²) in [4.78, 5) is 14.5. The summed E-state index contributed by atoms with van der Waals surface area (Å²) < 4.78 is 0. The number of hydrogen-bond acceptors (Lipinski definition) is 2. The first-order valence-corrected chi connectivity index (χ1v) is 7.81. The zero-order valence-electron chi connectivity index (χ0n) is 11.6. The van der Waals surface area contributed by atoms with Gasteiger partial charge in [0.2, 0.25) is 5.91 Å². The maximum atomic E-state index is 12.4. The van der Waals surface area contributed by atoms with Crippen molar-refractivity contribution < 1.29 is 4.79 Å². The van der Waals surface area contributed by atoms with E-state index < -0.39 is 0 Å². The molecule has 0 aromatic carbocycles. The van der Waals surface area contributed by atoms with E-state index in [2.05, 4.69) is 4.90 Å². The molecule has 0 heterocycles. The fraction of sp³-hybridized carbons (Fsp3) is 0.933. The second kappa shape index (κ2) is 7.13. The van der Waals surface area contributed by atoms with Gasteiger partial charge in [0.25, 0.3) is 0 Å². The molecule has 104 valence electrons. The minimum atomic E-state index is 0.401. The molecule has 1 amide bonds. The van der Waals surface area contributed by atoms with Crippen LogP contribution in [0.4, 0.5) is 0 Å². The highest BCUT2D eigenvalue weighted by molar-refractivity contribution is 5.77. The summed E-state index contributed by atoms with van der Waals surface area (Å²) >= 11 is 0. The van der Waals surface area contributed by atoms with Crippen LogP contribution in [0.3, 0.4) is 0 Å². The summed E-state index contributed by atoms with van der Waals surface area (Å²) in [6.07, 6.45) is 12.1. The zero-order chi connectivity index (χ0) is 12.8. The Morgan fingerprint density at radius 1 is 1.06 bits per heavy atom. The van der Waals surface area contributed by atoms with Crippen LogP contribution in [0.15, 0.2) is 0 Å². The van der Waals surface area contributed by atoms with Crippen molar-refractivity contribution in [2.45, 2.75) is 70.3 Å². The van der Waals surface area contributed by atoms with Crippen molar-refractivity contribution in [3.05, 3.63) is 0 Å². The van der Waals surface area contributed by atoms with Gasteiger partial charge >= 0.3 is 0 Å². The standard InChI is InChI=1S/C15H28N2O/c16-10-5-11-17(14-8-9-14)15(18)12-13-6-3-1-2-4-7-13/h13-14H,1-12,16H2. The minimum absolute atomic E-state index is 0.401. The second-order valence-corrected chi connectivity index (χ2v) is 6.02. The number of hydrogen-bond donors (Lipinski definition) is 1. The third-order valence-electron chi connectivity index (χ3n) is 4.35. The van der Waals surface area contributed by atoms with Crippen molar-refractivity contribution in [3.8, 4) is 0 Å². The molecule has 0 unspecified atom stereocenters. The summed E-state index contributed by atoms with van der Waals surface area (Å²) in [5.74, 6) is 1.05. The third-order valence-corrected chi connectivity index (χ3v) is 4.35. The molecule has 0 atom stereocenters. The van der Waals surface area contributed by atoms with E-state index in [1.54, 1.807) is 0 Å². The molecule has 0 aromatic heterocycles. The second-order valence-electron chi connectivity index (χ2n) is 6.02. The first-order valence-electron chi connectivity index (χ1n) is 7.81. The van der Waals surface area contributed by atoms with E-state index in [1.165, 1.54) is 51.4 Å². The molecule has 2 N–H and O–H groups in total. The largest absolute Gasteiger partial charge is 0.340 e. The number of carbonyl (C=O) groups excluding carboxylic acids is 1. The maximum Gasteiger partial charge on any atom is 0.223 e. The van der Waals surface area contributed by atoms with Crippen LogP contribution in [0.2, 0.25) is 0 Å². The smallest absolute Gasteiger partial charge is 0.223 e. The van der Waals surface area contributed by atoms with Crippen molar-refractivity contribution in [1.29, 1.82) is 0 Å². The van der Waals surface area contributed by atoms with E-state index in [-0.39, 0.29) is 0 Å². The highest BCUT2D eigenvalue weighted by Crippen LogP contribution is 2.30. The van der Waals surface area contributed by atoms with E-state index in [1.807, 2.05) is 0 Å². The minimum Gasteiger partial charge on any atom is -0.340 e. The fourth-order valence-corrected chi connectivity index (χ4v) is 3.09. The van der Waals surface area contributed by atoms with Crippen LogP contribution in [0.1, 0.15) is 64.2 Å². The molecule has 18 heavy (non-hydrogen) atoms. The van der Waals surface area contributed by atoms with Crippen LogP contribution in [-0.2, 0) is 4.79 Å². The fourth-order valence-electron chi connectivity index (χ4n) is 3.09. The number of nitrogens with zero attached hydrogens (tertiary/aromatic N) is 1. The van der Waals surface area contributed by atoms with Crippen LogP contribution < -0.4 is 5.73 Å². The van der Waals surface area contributed by atoms with E-state index >= 15 is 0 Å². The Kier molecular flexibility index (Phi) is 5.48. The van der Waals surface area contributed by atoms with E-state index in [9.17, 15) is 4.79 Å². The molecule has 3 nitrogen and oxygen atoms in total. The Bertz CT molecular complexity index is 255. The lowest BCUT2D eigenvalue weighted by molar-refractivity contribution is -0.133. The predicted molar refractivity (Wildman–Crippen MR) is 74.2 cm³/mol. The lowest BCUT2D eigenvalue weighted by Crippen LogP contribution is -2.35. The molecule has 0 radical (unpaired) electrons. The average molecular weight is 252 g/mol. The molecule has 2 fully saturated rings. The molecule has 0 aliphatic heterocycles. The first-order chi connectivity index (χ1) is 8.81. The zero-order valence-corrected chi connectivity index (χ0v) is 11.6. The molecule has 2 aliphatic carbocycles. The molecule has 2 aliphatic rings. The third kappa shape index (κ3) is 4.27. The Hall–Kier alpha value is -0.570. The summed E-state index contributed by atoms with van der Waals surface area (Å²) in [6, 6.07) is 0.551. The van der Waals surface area contributed by atoms with Gasteiger partial charge in [-0.25, -0.2) is 0 Å². The Morgan fingerprint density at radius 3 is 2.28 bits per heavy atom. The summed E-state index contributed by atoms with van der Waals surface area (Å²) in [7, 11) is 0. The van der Waals surface area contributed by atoms with Gasteiger partial charge in [-0.3, -0.25) is 4.79 Å². The molecule has 2 rings (SSSR count). The number of carbonyl (C=O) groups is 1. The summed E-state index contributed by atoms with van der Waals surface area (Å²) in [5.41, 5.74) is 5.56. The van der Waals surface area contributed by atoms with Crippen LogP contribution >= 0.6 is 0 Å². The van der Waals surface area contributed by atoms with Gasteiger partial charge in [0, 0.05) is 19.0 Å². The molecule has 0 saturated heterocycles. The van der Waals surface area contributed by atoms with Gasteiger partial charge in [0.1, 0.15) is 0 Å². The molecular formula is C15H28N2O. The highest BCUT2D eigenvalue weighted by atomic mass is 16.2. The Labute approximate surface area is 111 Å². The lowest BCUT2D eigenvalue weighted by atomic mass is 9.96. The van der Waals surface area contributed by atoms with Gasteiger partial charge in [-0.15, -0.1) is 0 Å². The number of amides is 1. The van der Waals surface area contributed by atoms with E-state index in [4.69, 9.17) is 5.73 Å². The van der Waals surface area contributed by atoms with Crippen LogP contribution in [-0.4, -0.2) is 29.9 Å². The molecular weight excluding hydrogens is 224 g/mol. The van der Waals surface area contributed by atoms with Crippen LogP contribution in [0, 0.1) is 5.92 Å². The Balaban J connectivity index is 1.79. The van der Waals surface area contributed by atoms with E-state index in [0.29, 0.717) is 24.4 Å². The van der Waals surface area contributed by atoms with Crippen molar-refractivity contribution in [2.24, 2.45) is 11.7 Å². The monoisotopic (exact) mass is 252 g/mol. The topological polar surface area (TPSA) is 46.3 Å². The molecule has 3 heteroatoms. The molecule has 0 aromatic rings. The van der Waals surface area contributed by atoms with Crippen molar-refractivity contribution in [3.63, 3.8) is 0 Å². The Morgan fingerprint density at radius 2 is 1.72 bits per heavy atom. The SMILES string of the molecule is NCCCN(C(=O)CC1CCCCCC1)C1CC1. The highest BCUT2D eigenvalue weighted by Gasteiger charge is 2.32. The van der Waals surface area contributed by atoms with Crippen molar-refractivity contribution in [1.82, 2.24) is 4.90 Å². The summed E-state index contributed by atoms with van der Waals surface area (Å²) in [5, 5.41) is 0. The van der Waals surface area contributed by atoms with Gasteiger partial charge in [0.15, 0.2) is 0 Å². The average Bonchev–Trinajstić information content (AvgIpc) is 3.17. The van der Waals surface area contributed by atoms with Crippen LogP contribution in [0.5, 0.6) is 0 Å². The maximum absolute atomic E-state index is 12.4. The van der Waals surface area contributed by atoms with Gasteiger partial charge in [-0.1, -0.05) is 25.7 Å². The predicted octanol–water partition coefficient (Wildman–Crippen LogP) is 2.69. The first kappa shape index (κ1) is 13.9. The van der Waals surface area contributed by atoms with Crippen LogP contribution in [0.25, 0.3) is 0 Å². The number of rotatable bonds is 6. The molecule has 2 saturated carbocycles. The van der Waals surface area contributed by atoms with Gasteiger partial charge in [-0.2, -0.15) is 0 Å². The van der Waals surface area contributed by atoms with Gasteiger partial charge < -0.3 is 10.6 Å². The van der Waals surface area contributed by atoms with E-state index in [0.717, 1.165) is 19.4 Å². The van der Waals surface area contributed by atoms with Crippen molar-refractivity contribution in [2.75, 3.05) is 13.1 Å².